The molecule has 3 aromatic rings. The second-order valence-electron chi connectivity index (χ2n) is 8.01. The van der Waals surface area contributed by atoms with Gasteiger partial charge in [0.15, 0.2) is 17.8 Å². The molecule has 1 atom stereocenters. The fraction of sp³-hybridized carbons (Fsp3) is 0.318. The number of aromatic nitrogens is 3. The van der Waals surface area contributed by atoms with Crippen LogP contribution in [0.3, 0.4) is 0 Å². The van der Waals surface area contributed by atoms with Gasteiger partial charge in [-0.3, -0.25) is 4.79 Å². The van der Waals surface area contributed by atoms with E-state index >= 15 is 4.39 Å². The van der Waals surface area contributed by atoms with Crippen molar-refractivity contribution in [3.8, 4) is 17.1 Å². The summed E-state index contributed by atoms with van der Waals surface area (Å²) in [6.07, 6.45) is -7.05. The number of nitrogens with one attached hydrogen (secondary N) is 1. The lowest BCUT2D eigenvalue weighted by molar-refractivity contribution is -0.189. The number of carbonyl (C=O) groups excluding carboxylic acids is 1. The van der Waals surface area contributed by atoms with Crippen LogP contribution in [-0.4, -0.2) is 38.1 Å². The van der Waals surface area contributed by atoms with Crippen molar-refractivity contribution < 1.29 is 32.2 Å². The number of hydrogen-bond acceptors (Lipinski definition) is 5. The van der Waals surface area contributed by atoms with E-state index in [0.29, 0.717) is 0 Å². The molecule has 0 aliphatic rings. The first-order valence-corrected chi connectivity index (χ1v) is 10.3. The number of benzene rings is 2. The zero-order valence-corrected chi connectivity index (χ0v) is 19.3. The van der Waals surface area contributed by atoms with Crippen molar-refractivity contribution in [2.45, 2.75) is 38.7 Å². The van der Waals surface area contributed by atoms with E-state index in [-0.39, 0.29) is 27.9 Å². The molecular weight excluding hydrogens is 480 g/mol. The number of para-hydroxylation sites is 1. The number of carbonyl (C=O) groups is 1. The molecule has 182 valence electrons. The lowest BCUT2D eigenvalue weighted by atomic mass is 10.1. The molecule has 0 saturated heterocycles. The van der Waals surface area contributed by atoms with Crippen molar-refractivity contribution in [1.29, 1.82) is 0 Å². The molecule has 1 heterocycles. The minimum Gasteiger partial charge on any atom is -0.480 e. The van der Waals surface area contributed by atoms with Crippen molar-refractivity contribution in [2.24, 2.45) is 7.05 Å². The quantitative estimate of drug-likeness (QED) is 0.461. The van der Waals surface area contributed by atoms with Gasteiger partial charge in [-0.2, -0.15) is 18.3 Å². The summed E-state index contributed by atoms with van der Waals surface area (Å²) in [4.78, 5) is 16.9. The van der Waals surface area contributed by atoms with E-state index in [1.807, 2.05) is 0 Å². The Hall–Kier alpha value is -3.18. The number of aryl methyl sites for hydroxylation is 1. The number of rotatable bonds is 6. The molecule has 0 radical (unpaired) electrons. The predicted molar refractivity (Wildman–Crippen MR) is 117 cm³/mol. The number of halogens is 5. The van der Waals surface area contributed by atoms with Gasteiger partial charge in [-0.05, 0) is 45.0 Å². The Bertz CT molecular complexity index is 1220. The number of anilines is 1. The monoisotopic (exact) mass is 500 g/mol. The fourth-order valence-electron chi connectivity index (χ4n) is 3.04. The third-order valence-electron chi connectivity index (χ3n) is 4.75. The summed E-state index contributed by atoms with van der Waals surface area (Å²) >= 11 is 6.02. The summed E-state index contributed by atoms with van der Waals surface area (Å²) in [6, 6.07) is 7.83. The van der Waals surface area contributed by atoms with Crippen molar-refractivity contribution in [1.82, 2.24) is 14.8 Å². The number of alkyl halides is 3. The number of ether oxygens (including phenoxy) is 1. The van der Waals surface area contributed by atoms with E-state index in [2.05, 4.69) is 15.4 Å². The maximum atomic E-state index is 15.1. The summed E-state index contributed by atoms with van der Waals surface area (Å²) in [7, 11) is 1.47. The molecule has 1 amide bonds. The zero-order valence-electron chi connectivity index (χ0n) is 18.5. The minimum atomic E-state index is -4.75. The lowest BCUT2D eigenvalue weighted by Gasteiger charge is -2.20. The third-order valence-corrected chi connectivity index (χ3v) is 5.08. The zero-order chi connectivity index (χ0) is 25.4. The normalized spacial score (nSPS) is 13.0. The lowest BCUT2D eigenvalue weighted by Crippen LogP contribution is -2.32. The molecule has 0 aliphatic carbocycles. The molecule has 2 N–H and O–H groups in total. The Kier molecular flexibility index (Phi) is 6.90. The van der Waals surface area contributed by atoms with Gasteiger partial charge in [-0.25, -0.2) is 14.1 Å². The van der Waals surface area contributed by atoms with Gasteiger partial charge in [0.25, 0.3) is 5.91 Å². The van der Waals surface area contributed by atoms with Crippen LogP contribution in [0.2, 0.25) is 5.02 Å². The van der Waals surface area contributed by atoms with E-state index in [4.69, 9.17) is 16.3 Å². The summed E-state index contributed by atoms with van der Waals surface area (Å²) in [5, 5.41) is 16.9. The van der Waals surface area contributed by atoms with Gasteiger partial charge in [0.2, 0.25) is 0 Å². The van der Waals surface area contributed by atoms with E-state index in [1.54, 1.807) is 12.1 Å². The topological polar surface area (TPSA) is 89.3 Å². The molecule has 34 heavy (non-hydrogen) atoms. The first kappa shape index (κ1) is 25.4. The third kappa shape index (κ3) is 5.48. The van der Waals surface area contributed by atoms with Crippen LogP contribution in [0.25, 0.3) is 11.4 Å². The highest BCUT2D eigenvalue weighted by Gasteiger charge is 2.39. The van der Waals surface area contributed by atoms with Crippen LogP contribution in [0.1, 0.15) is 37.0 Å². The standard InChI is InChI=1S/C22H21ClF4N4O3/c1-11(22(25,26)27)34-17-10-12(18-29-20(21(2,3)33)31(4)30-18)15(24)9-13(17)19(32)28-16-8-6-5-7-14(16)23/h5-11,33H,1-4H3,(H,28,32). The van der Waals surface area contributed by atoms with E-state index in [1.165, 1.54) is 37.7 Å². The molecule has 1 aromatic heterocycles. The van der Waals surface area contributed by atoms with Gasteiger partial charge in [-0.1, -0.05) is 23.7 Å². The van der Waals surface area contributed by atoms with Gasteiger partial charge in [0.05, 0.1) is 21.8 Å². The highest BCUT2D eigenvalue weighted by Crippen LogP contribution is 2.34. The Morgan fingerprint density at radius 2 is 1.88 bits per heavy atom. The Balaban J connectivity index is 2.10. The van der Waals surface area contributed by atoms with E-state index < -0.39 is 40.9 Å². The first-order valence-electron chi connectivity index (χ1n) is 9.95. The maximum absolute atomic E-state index is 15.1. The molecule has 7 nitrogen and oxygen atoms in total. The van der Waals surface area contributed by atoms with Crippen molar-refractivity contribution in [3.63, 3.8) is 0 Å². The number of hydrogen-bond donors (Lipinski definition) is 2. The summed E-state index contributed by atoms with van der Waals surface area (Å²) in [5.41, 5.74) is -2.05. The molecule has 0 aliphatic heterocycles. The highest BCUT2D eigenvalue weighted by molar-refractivity contribution is 6.33. The second kappa shape index (κ2) is 9.22. The van der Waals surface area contributed by atoms with Crippen LogP contribution in [-0.2, 0) is 12.6 Å². The van der Waals surface area contributed by atoms with Crippen LogP contribution in [0.5, 0.6) is 5.75 Å². The minimum absolute atomic E-state index is 0.0913. The van der Waals surface area contributed by atoms with Gasteiger partial charge in [-0.15, -0.1) is 0 Å². The van der Waals surface area contributed by atoms with Crippen molar-refractivity contribution in [2.75, 3.05) is 5.32 Å². The molecule has 0 fully saturated rings. The predicted octanol–water partition coefficient (Wildman–Crippen LogP) is 5.08. The number of nitrogens with zero attached hydrogens (tertiary/aromatic N) is 3. The molecule has 2 aromatic carbocycles. The molecule has 0 bridgehead atoms. The van der Waals surface area contributed by atoms with E-state index in [9.17, 15) is 23.1 Å². The second-order valence-corrected chi connectivity index (χ2v) is 8.41. The molecule has 12 heteroatoms. The SMILES string of the molecule is CC(Oc1cc(-c2nc(C(C)(C)O)n(C)n2)c(F)cc1C(=O)Nc1ccccc1Cl)C(F)(F)F. The van der Waals surface area contributed by atoms with Gasteiger partial charge >= 0.3 is 6.18 Å². The molecule has 0 spiro atoms. The van der Waals surface area contributed by atoms with Crippen LogP contribution in [0, 0.1) is 5.82 Å². The molecule has 0 saturated carbocycles. The first-order chi connectivity index (χ1) is 15.7. The molecular formula is C22H21ClF4N4O3. The van der Waals surface area contributed by atoms with Gasteiger partial charge in [0, 0.05) is 7.05 Å². The number of amides is 1. The summed E-state index contributed by atoms with van der Waals surface area (Å²) in [6.45, 7) is 3.64. The smallest absolute Gasteiger partial charge is 0.425 e. The van der Waals surface area contributed by atoms with Crippen LogP contribution in [0.4, 0.5) is 23.2 Å². The largest absolute Gasteiger partial charge is 0.480 e. The van der Waals surface area contributed by atoms with Crippen LogP contribution < -0.4 is 10.1 Å². The van der Waals surface area contributed by atoms with Crippen LogP contribution >= 0.6 is 11.6 Å². The van der Waals surface area contributed by atoms with E-state index in [0.717, 1.165) is 19.1 Å². The van der Waals surface area contributed by atoms with Gasteiger partial charge < -0.3 is 15.2 Å². The molecule has 3 rings (SSSR count). The average molecular weight is 501 g/mol. The Morgan fingerprint density at radius 3 is 2.44 bits per heavy atom. The van der Waals surface area contributed by atoms with Crippen molar-refractivity contribution in [3.05, 3.63) is 58.6 Å². The maximum Gasteiger partial charge on any atom is 0.425 e. The van der Waals surface area contributed by atoms with Crippen molar-refractivity contribution >= 4 is 23.2 Å². The van der Waals surface area contributed by atoms with Crippen LogP contribution in [0.15, 0.2) is 36.4 Å². The average Bonchev–Trinajstić information content (AvgIpc) is 3.11. The summed E-state index contributed by atoms with van der Waals surface area (Å²) in [5.74, 6) is -2.57. The Morgan fingerprint density at radius 1 is 1.24 bits per heavy atom. The summed E-state index contributed by atoms with van der Waals surface area (Å²) < 4.78 is 60.9. The number of aliphatic hydroxyl groups is 1. The highest BCUT2D eigenvalue weighted by atomic mass is 35.5. The van der Waals surface area contributed by atoms with Gasteiger partial charge in [0.1, 0.15) is 17.2 Å². The Labute approximate surface area is 197 Å². The molecule has 1 unspecified atom stereocenters. The fourth-order valence-corrected chi connectivity index (χ4v) is 3.22.